The highest BCUT2D eigenvalue weighted by Crippen LogP contribution is 2.16. The Morgan fingerprint density at radius 2 is 2.33 bits per heavy atom. The van der Waals surface area contributed by atoms with Gasteiger partial charge < -0.3 is 15.0 Å². The Kier molecular flexibility index (Phi) is 6.62. The van der Waals surface area contributed by atoms with Gasteiger partial charge >= 0.3 is 0 Å². The van der Waals surface area contributed by atoms with E-state index < -0.39 is 5.54 Å². The predicted molar refractivity (Wildman–Crippen MR) is 73.4 cm³/mol. The summed E-state index contributed by atoms with van der Waals surface area (Å²) in [6, 6.07) is 2.34. The molecule has 2 atom stereocenters. The van der Waals surface area contributed by atoms with Crippen molar-refractivity contribution in [1.82, 2.24) is 10.2 Å². The molecule has 1 N–H and O–H groups in total. The molecule has 0 spiro atoms. The normalized spacial score (nSPS) is 24.4. The lowest BCUT2D eigenvalue weighted by atomic mass is 9.99. The third-order valence-electron chi connectivity index (χ3n) is 3.75. The van der Waals surface area contributed by atoms with Gasteiger partial charge in [-0.2, -0.15) is 5.26 Å². The van der Waals surface area contributed by atoms with Gasteiger partial charge in [0.2, 0.25) is 0 Å². The molecular formula is C14H27N3O. The van der Waals surface area contributed by atoms with Crippen LogP contribution in [0.15, 0.2) is 0 Å². The van der Waals surface area contributed by atoms with Crippen LogP contribution in [0.5, 0.6) is 0 Å². The van der Waals surface area contributed by atoms with E-state index in [4.69, 9.17) is 10.00 Å². The number of piperidine rings is 1. The van der Waals surface area contributed by atoms with E-state index in [2.05, 4.69) is 23.2 Å². The van der Waals surface area contributed by atoms with Crippen LogP contribution in [0.3, 0.4) is 0 Å². The van der Waals surface area contributed by atoms with Gasteiger partial charge in [0, 0.05) is 19.7 Å². The Bertz CT molecular complexity index is 277. The van der Waals surface area contributed by atoms with Crippen LogP contribution in [0.2, 0.25) is 0 Å². The van der Waals surface area contributed by atoms with Crippen molar-refractivity contribution in [2.24, 2.45) is 0 Å². The minimum Gasteiger partial charge on any atom is -0.377 e. The third kappa shape index (κ3) is 4.93. The standard InChI is InChI=1S/C14H27N3O/c1-4-10-18-13-6-5-8-17(11-13)9-7-14(2,12-15)16-3/h13,16H,4-11H2,1-3H3. The zero-order chi connectivity index (χ0) is 13.4. The predicted octanol–water partition coefficient (Wildman–Crippen LogP) is 1.77. The molecule has 0 aliphatic carbocycles. The maximum Gasteiger partial charge on any atom is 0.104 e. The first-order valence-electron chi connectivity index (χ1n) is 7.07. The number of ether oxygens (including phenoxy) is 1. The molecule has 104 valence electrons. The molecule has 0 bridgehead atoms. The molecule has 0 aromatic carbocycles. The van der Waals surface area contributed by atoms with Gasteiger partial charge in [0.25, 0.3) is 0 Å². The molecule has 0 aromatic rings. The van der Waals surface area contributed by atoms with Crippen molar-refractivity contribution in [3.05, 3.63) is 0 Å². The summed E-state index contributed by atoms with van der Waals surface area (Å²) in [5, 5.41) is 12.2. The fourth-order valence-corrected chi connectivity index (χ4v) is 2.26. The molecule has 1 saturated heterocycles. The van der Waals surface area contributed by atoms with Gasteiger partial charge in [-0.05, 0) is 46.2 Å². The number of rotatable bonds is 7. The Hall–Kier alpha value is -0.630. The topological polar surface area (TPSA) is 48.3 Å². The summed E-state index contributed by atoms with van der Waals surface area (Å²) in [6.07, 6.45) is 4.72. The Labute approximate surface area is 111 Å². The number of likely N-dealkylation sites (tertiary alicyclic amines) is 1. The van der Waals surface area contributed by atoms with Crippen LogP contribution in [-0.4, -0.2) is 49.8 Å². The van der Waals surface area contributed by atoms with E-state index in [0.29, 0.717) is 6.10 Å². The lowest BCUT2D eigenvalue weighted by Gasteiger charge is -2.34. The monoisotopic (exact) mass is 253 g/mol. The molecule has 1 aliphatic heterocycles. The summed E-state index contributed by atoms with van der Waals surface area (Å²) >= 11 is 0. The second kappa shape index (κ2) is 7.73. The molecule has 4 heteroatoms. The van der Waals surface area contributed by atoms with Crippen molar-refractivity contribution in [2.75, 3.05) is 33.3 Å². The van der Waals surface area contributed by atoms with Crippen molar-refractivity contribution in [2.45, 2.75) is 51.2 Å². The second-order valence-electron chi connectivity index (χ2n) is 5.38. The quantitative estimate of drug-likeness (QED) is 0.751. The molecule has 0 saturated carbocycles. The zero-order valence-electron chi connectivity index (χ0n) is 12.0. The van der Waals surface area contributed by atoms with E-state index in [1.54, 1.807) is 0 Å². The van der Waals surface area contributed by atoms with Crippen LogP contribution >= 0.6 is 0 Å². The fourth-order valence-electron chi connectivity index (χ4n) is 2.26. The van der Waals surface area contributed by atoms with Crippen molar-refractivity contribution < 1.29 is 4.74 Å². The van der Waals surface area contributed by atoms with Crippen LogP contribution in [-0.2, 0) is 4.74 Å². The summed E-state index contributed by atoms with van der Waals surface area (Å²) in [6.45, 7) is 8.10. The average Bonchev–Trinajstić information content (AvgIpc) is 2.43. The van der Waals surface area contributed by atoms with Crippen LogP contribution in [0.1, 0.15) is 39.5 Å². The van der Waals surface area contributed by atoms with Gasteiger partial charge in [-0.1, -0.05) is 6.92 Å². The van der Waals surface area contributed by atoms with E-state index >= 15 is 0 Å². The maximum atomic E-state index is 9.13. The van der Waals surface area contributed by atoms with Gasteiger partial charge in [-0.25, -0.2) is 0 Å². The van der Waals surface area contributed by atoms with Gasteiger partial charge in [0.1, 0.15) is 5.54 Å². The molecule has 0 radical (unpaired) electrons. The van der Waals surface area contributed by atoms with Crippen molar-refractivity contribution >= 4 is 0 Å². The molecule has 0 amide bonds. The molecule has 1 fully saturated rings. The van der Waals surface area contributed by atoms with E-state index in [-0.39, 0.29) is 0 Å². The Morgan fingerprint density at radius 3 is 2.94 bits per heavy atom. The average molecular weight is 253 g/mol. The minimum absolute atomic E-state index is 0.390. The highest BCUT2D eigenvalue weighted by molar-refractivity contribution is 5.03. The minimum atomic E-state index is -0.406. The van der Waals surface area contributed by atoms with Gasteiger partial charge in [0.15, 0.2) is 0 Å². The molecule has 1 aliphatic rings. The van der Waals surface area contributed by atoms with E-state index in [1.165, 1.54) is 12.8 Å². The largest absolute Gasteiger partial charge is 0.377 e. The fraction of sp³-hybridized carbons (Fsp3) is 0.929. The van der Waals surface area contributed by atoms with Crippen LogP contribution in [0, 0.1) is 11.3 Å². The van der Waals surface area contributed by atoms with Crippen molar-refractivity contribution in [3.63, 3.8) is 0 Å². The SMILES string of the molecule is CCCOC1CCCN(CCC(C)(C#N)NC)C1. The lowest BCUT2D eigenvalue weighted by molar-refractivity contribution is -0.00125. The van der Waals surface area contributed by atoms with E-state index in [9.17, 15) is 0 Å². The Morgan fingerprint density at radius 1 is 1.56 bits per heavy atom. The van der Waals surface area contributed by atoms with Crippen LogP contribution in [0.25, 0.3) is 0 Å². The molecule has 1 rings (SSSR count). The number of nitrogens with zero attached hydrogens (tertiary/aromatic N) is 2. The van der Waals surface area contributed by atoms with Crippen LogP contribution in [0.4, 0.5) is 0 Å². The molecule has 18 heavy (non-hydrogen) atoms. The third-order valence-corrected chi connectivity index (χ3v) is 3.75. The Balaban J connectivity index is 2.32. The van der Waals surface area contributed by atoms with Crippen molar-refractivity contribution in [1.29, 1.82) is 5.26 Å². The molecule has 2 unspecified atom stereocenters. The van der Waals surface area contributed by atoms with Gasteiger partial charge in [-0.3, -0.25) is 0 Å². The molecular weight excluding hydrogens is 226 g/mol. The first-order valence-corrected chi connectivity index (χ1v) is 7.07. The number of hydrogen-bond donors (Lipinski definition) is 1. The summed E-state index contributed by atoms with van der Waals surface area (Å²) in [5.74, 6) is 0. The lowest BCUT2D eigenvalue weighted by Crippen LogP contribution is -2.45. The van der Waals surface area contributed by atoms with E-state index in [0.717, 1.165) is 39.1 Å². The first-order chi connectivity index (χ1) is 8.63. The maximum absolute atomic E-state index is 9.13. The summed E-state index contributed by atoms with van der Waals surface area (Å²) in [5.41, 5.74) is -0.406. The van der Waals surface area contributed by atoms with Crippen LogP contribution < -0.4 is 5.32 Å². The van der Waals surface area contributed by atoms with Crippen molar-refractivity contribution in [3.8, 4) is 6.07 Å². The summed E-state index contributed by atoms with van der Waals surface area (Å²) in [4.78, 5) is 2.43. The summed E-state index contributed by atoms with van der Waals surface area (Å²) in [7, 11) is 1.85. The van der Waals surface area contributed by atoms with E-state index in [1.807, 2.05) is 14.0 Å². The first kappa shape index (κ1) is 15.4. The van der Waals surface area contributed by atoms with Gasteiger partial charge in [-0.15, -0.1) is 0 Å². The number of nitriles is 1. The highest BCUT2D eigenvalue weighted by atomic mass is 16.5. The second-order valence-corrected chi connectivity index (χ2v) is 5.38. The highest BCUT2D eigenvalue weighted by Gasteiger charge is 2.25. The van der Waals surface area contributed by atoms with Gasteiger partial charge in [0.05, 0.1) is 12.2 Å². The summed E-state index contributed by atoms with van der Waals surface area (Å²) < 4.78 is 5.82. The number of hydrogen-bond acceptors (Lipinski definition) is 4. The molecule has 1 heterocycles. The molecule has 4 nitrogen and oxygen atoms in total. The smallest absolute Gasteiger partial charge is 0.104 e. The number of nitrogens with one attached hydrogen (secondary N) is 1. The molecule has 0 aromatic heterocycles. The zero-order valence-corrected chi connectivity index (χ0v) is 12.0.